The summed E-state index contributed by atoms with van der Waals surface area (Å²) in [5.41, 5.74) is 2.37. The average Bonchev–Trinajstić information content (AvgIpc) is 3.28. The van der Waals surface area contributed by atoms with Gasteiger partial charge in [0.1, 0.15) is 13.2 Å². The Morgan fingerprint density at radius 2 is 1.95 bits per heavy atom. The molecule has 206 valence electrons. The second-order valence-corrected chi connectivity index (χ2v) is 10.8. The molecule has 5 rings (SSSR count). The molecule has 9 heteroatoms. The second-order valence-electron chi connectivity index (χ2n) is 10.8. The van der Waals surface area contributed by atoms with Crippen molar-refractivity contribution in [3.05, 3.63) is 62.9 Å². The lowest BCUT2D eigenvalue weighted by molar-refractivity contribution is -0.172. The number of aliphatic hydroxyl groups is 1. The smallest absolute Gasteiger partial charge is 0.343 e. The molecule has 0 saturated carbocycles. The topological polar surface area (TPSA) is 111 Å². The van der Waals surface area contributed by atoms with E-state index in [1.807, 2.05) is 56.9 Å². The lowest BCUT2D eigenvalue weighted by Gasteiger charge is -2.31. The lowest BCUT2D eigenvalue weighted by Crippen LogP contribution is -2.44. The van der Waals surface area contributed by atoms with E-state index in [-0.39, 0.29) is 43.2 Å². The highest BCUT2D eigenvalue weighted by atomic mass is 16.6. The molecule has 1 amide bonds. The summed E-state index contributed by atoms with van der Waals surface area (Å²) in [6.45, 7) is 10.1. The third kappa shape index (κ3) is 4.53. The fourth-order valence-corrected chi connectivity index (χ4v) is 5.62. The maximum absolute atomic E-state index is 13.6. The summed E-state index contributed by atoms with van der Waals surface area (Å²) in [7, 11) is 0. The molecular formula is C30H35N3O6. The van der Waals surface area contributed by atoms with E-state index in [0.29, 0.717) is 42.0 Å². The van der Waals surface area contributed by atoms with Gasteiger partial charge in [-0.05, 0) is 58.2 Å². The number of rotatable bonds is 8. The summed E-state index contributed by atoms with van der Waals surface area (Å²) >= 11 is 0. The van der Waals surface area contributed by atoms with Crippen molar-refractivity contribution in [2.75, 3.05) is 13.2 Å². The summed E-state index contributed by atoms with van der Waals surface area (Å²) in [6.07, 6.45) is 0.619. The van der Waals surface area contributed by atoms with Crippen LogP contribution in [0.5, 0.6) is 0 Å². The van der Waals surface area contributed by atoms with Crippen LogP contribution in [0.4, 0.5) is 0 Å². The highest BCUT2D eigenvalue weighted by Crippen LogP contribution is 2.40. The number of pyridine rings is 2. The van der Waals surface area contributed by atoms with Crippen molar-refractivity contribution in [3.8, 4) is 11.4 Å². The first kappa shape index (κ1) is 27.0. The van der Waals surface area contributed by atoms with Crippen molar-refractivity contribution in [1.82, 2.24) is 14.5 Å². The first-order chi connectivity index (χ1) is 18.6. The fourth-order valence-electron chi connectivity index (χ4n) is 5.62. The minimum absolute atomic E-state index is 0.00906. The minimum Gasteiger partial charge on any atom is -0.458 e. The van der Waals surface area contributed by atoms with Crippen molar-refractivity contribution < 1.29 is 24.2 Å². The highest BCUT2D eigenvalue weighted by Gasteiger charge is 2.45. The van der Waals surface area contributed by atoms with E-state index in [1.165, 1.54) is 0 Å². The van der Waals surface area contributed by atoms with Gasteiger partial charge in [-0.2, -0.15) is 0 Å². The van der Waals surface area contributed by atoms with Gasteiger partial charge in [0.15, 0.2) is 5.60 Å². The number of cyclic esters (lactones) is 1. The van der Waals surface area contributed by atoms with Gasteiger partial charge in [0.25, 0.3) is 5.56 Å². The molecule has 2 aliphatic rings. The van der Waals surface area contributed by atoms with Crippen LogP contribution in [0.3, 0.4) is 0 Å². The summed E-state index contributed by atoms with van der Waals surface area (Å²) in [5.74, 6) is -0.809. The first-order valence-corrected chi connectivity index (χ1v) is 13.6. The number of para-hydroxylation sites is 1. The number of hydrogen-bond donors (Lipinski definition) is 1. The maximum atomic E-state index is 13.6. The molecule has 0 saturated heterocycles. The summed E-state index contributed by atoms with van der Waals surface area (Å²) < 4.78 is 12.4. The van der Waals surface area contributed by atoms with Crippen LogP contribution >= 0.6 is 0 Å². The highest BCUT2D eigenvalue weighted by molar-refractivity contribution is 5.89. The molecule has 0 spiro atoms. The number of aromatic nitrogens is 2. The Morgan fingerprint density at radius 1 is 1.21 bits per heavy atom. The number of fused-ring (bicyclic) bond motifs is 5. The molecule has 4 heterocycles. The number of esters is 1. The van der Waals surface area contributed by atoms with E-state index in [0.717, 1.165) is 22.0 Å². The molecule has 2 aliphatic heterocycles. The van der Waals surface area contributed by atoms with Crippen molar-refractivity contribution in [2.24, 2.45) is 0 Å². The third-order valence-electron chi connectivity index (χ3n) is 7.80. The van der Waals surface area contributed by atoms with Crippen molar-refractivity contribution >= 4 is 22.8 Å². The molecule has 39 heavy (non-hydrogen) atoms. The minimum atomic E-state index is -1.87. The van der Waals surface area contributed by atoms with Crippen LogP contribution in [0, 0.1) is 0 Å². The molecule has 0 fully saturated rings. The third-order valence-corrected chi connectivity index (χ3v) is 7.80. The molecule has 1 N–H and O–H groups in total. The fraction of sp³-hybridized carbons (Fsp3) is 0.467. The molecule has 3 aromatic rings. The van der Waals surface area contributed by atoms with Gasteiger partial charge >= 0.3 is 5.97 Å². The molecule has 2 aromatic heterocycles. The molecule has 0 aliphatic carbocycles. The second kappa shape index (κ2) is 10.2. The van der Waals surface area contributed by atoms with Crippen LogP contribution in [0.1, 0.15) is 63.3 Å². The summed E-state index contributed by atoms with van der Waals surface area (Å²) in [6, 6.07) is 9.54. The van der Waals surface area contributed by atoms with E-state index in [9.17, 15) is 19.5 Å². The molecule has 0 radical (unpaired) electrons. The van der Waals surface area contributed by atoms with Crippen molar-refractivity contribution in [3.63, 3.8) is 0 Å². The molecule has 1 atom stereocenters. The Bertz CT molecular complexity index is 1530. The Morgan fingerprint density at radius 3 is 2.64 bits per heavy atom. The number of amides is 1. The number of ether oxygens (including phenoxy) is 2. The zero-order valence-corrected chi connectivity index (χ0v) is 23.1. The van der Waals surface area contributed by atoms with Gasteiger partial charge in [-0.3, -0.25) is 9.59 Å². The summed E-state index contributed by atoms with van der Waals surface area (Å²) in [5, 5.41) is 12.1. The number of nitrogens with zero attached hydrogens (tertiary/aromatic N) is 3. The molecule has 0 unspecified atom stereocenters. The van der Waals surface area contributed by atoms with E-state index >= 15 is 0 Å². The largest absolute Gasteiger partial charge is 0.458 e. The van der Waals surface area contributed by atoms with Crippen LogP contribution < -0.4 is 5.56 Å². The van der Waals surface area contributed by atoms with Crippen LogP contribution in [0.15, 0.2) is 35.1 Å². The maximum Gasteiger partial charge on any atom is 0.343 e. The van der Waals surface area contributed by atoms with Crippen molar-refractivity contribution in [2.45, 2.75) is 78.4 Å². The van der Waals surface area contributed by atoms with Gasteiger partial charge in [0.05, 0.1) is 35.1 Å². The first-order valence-electron chi connectivity index (χ1n) is 13.6. The van der Waals surface area contributed by atoms with Crippen LogP contribution in [0.2, 0.25) is 0 Å². The quantitative estimate of drug-likeness (QED) is 0.346. The molecule has 0 bridgehead atoms. The zero-order valence-electron chi connectivity index (χ0n) is 23.1. The van der Waals surface area contributed by atoms with E-state index in [4.69, 9.17) is 14.5 Å². The zero-order chi connectivity index (χ0) is 28.1. The van der Waals surface area contributed by atoms with Gasteiger partial charge < -0.3 is 24.0 Å². The Balaban J connectivity index is 1.60. The van der Waals surface area contributed by atoms with Gasteiger partial charge in [-0.25, -0.2) is 9.78 Å². The summed E-state index contributed by atoms with van der Waals surface area (Å²) in [4.78, 5) is 45.9. The monoisotopic (exact) mass is 533 g/mol. The van der Waals surface area contributed by atoms with Crippen LogP contribution in [-0.4, -0.2) is 56.7 Å². The standard InChI is InChI=1S/C30H35N3O6/c1-6-30(37)23-13-25-27-21(14-33(25)28(35)22(23)15-39-29(30)36)19(20-9-7-8-10-24(20)31-27)11-12-32(17(2)3)26(34)16-38-18(4)5/h7-10,13,17-18,37H,6,11-12,14-16H2,1-5H3/t30-/m0/s1. The van der Waals surface area contributed by atoms with E-state index in [1.54, 1.807) is 17.6 Å². The molecule has 1 aromatic carbocycles. The average molecular weight is 534 g/mol. The molecular weight excluding hydrogens is 498 g/mol. The van der Waals surface area contributed by atoms with Gasteiger partial charge in [-0.15, -0.1) is 0 Å². The van der Waals surface area contributed by atoms with E-state index < -0.39 is 11.6 Å². The number of hydrogen-bond acceptors (Lipinski definition) is 7. The van der Waals surface area contributed by atoms with Gasteiger partial charge in [0.2, 0.25) is 5.91 Å². The predicted molar refractivity (Wildman–Crippen MR) is 146 cm³/mol. The predicted octanol–water partition coefficient (Wildman–Crippen LogP) is 3.28. The van der Waals surface area contributed by atoms with E-state index in [2.05, 4.69) is 0 Å². The Kier molecular flexibility index (Phi) is 7.07. The normalized spacial score (nSPS) is 17.8. The number of carbonyl (C=O) groups is 2. The molecule has 9 nitrogen and oxygen atoms in total. The Labute approximate surface area is 227 Å². The van der Waals surface area contributed by atoms with Crippen LogP contribution in [0.25, 0.3) is 22.3 Å². The number of benzene rings is 1. The Hall–Kier alpha value is -3.56. The lowest BCUT2D eigenvalue weighted by atomic mass is 9.86. The SMILES string of the molecule is CC[C@@]1(O)C(=O)OCc2c1cc1n(c2=O)Cc2c-1nc1ccccc1c2CCN(C(=O)COC(C)C)C(C)C. The van der Waals surface area contributed by atoms with Crippen LogP contribution in [-0.2, 0) is 44.2 Å². The van der Waals surface area contributed by atoms with Crippen molar-refractivity contribution in [1.29, 1.82) is 0 Å². The van der Waals surface area contributed by atoms with Gasteiger partial charge in [0, 0.05) is 29.1 Å². The van der Waals surface area contributed by atoms with Gasteiger partial charge in [-0.1, -0.05) is 25.1 Å². The number of carbonyl (C=O) groups excluding carboxylic acids is 2.